The van der Waals surface area contributed by atoms with Gasteiger partial charge in [-0.3, -0.25) is 4.98 Å². The minimum atomic E-state index is -3.73. The van der Waals surface area contributed by atoms with Crippen LogP contribution in [0.15, 0.2) is 35.4 Å². The van der Waals surface area contributed by atoms with Gasteiger partial charge in [-0.25, -0.2) is 8.42 Å². The zero-order chi connectivity index (χ0) is 11.1. The Bertz CT molecular complexity index is 622. The van der Waals surface area contributed by atoms with Gasteiger partial charge in [0.05, 0.1) is 10.4 Å². The number of rotatable bonds is 1. The standard InChI is InChI=1S/C10H8ClNO2S/c1-7-4-5-9-8(3-2-6-12-9)10(7)15(11,13)14/h2-6H,1H3. The van der Waals surface area contributed by atoms with Crippen LogP contribution >= 0.6 is 10.7 Å². The van der Waals surface area contributed by atoms with Gasteiger partial charge in [-0.1, -0.05) is 6.07 Å². The molecule has 2 rings (SSSR count). The molecule has 1 aromatic heterocycles. The van der Waals surface area contributed by atoms with Crippen LogP contribution in [-0.4, -0.2) is 13.4 Å². The molecule has 0 saturated carbocycles. The van der Waals surface area contributed by atoms with Gasteiger partial charge in [0.25, 0.3) is 9.05 Å². The lowest BCUT2D eigenvalue weighted by Crippen LogP contribution is -1.96. The Morgan fingerprint density at radius 3 is 2.67 bits per heavy atom. The molecule has 78 valence electrons. The molecule has 0 aliphatic rings. The second-order valence-electron chi connectivity index (χ2n) is 3.22. The van der Waals surface area contributed by atoms with E-state index >= 15 is 0 Å². The van der Waals surface area contributed by atoms with E-state index in [0.29, 0.717) is 16.5 Å². The molecule has 0 aliphatic carbocycles. The van der Waals surface area contributed by atoms with Crippen LogP contribution in [0.5, 0.6) is 0 Å². The molecule has 0 N–H and O–H groups in total. The maximum Gasteiger partial charge on any atom is 0.262 e. The van der Waals surface area contributed by atoms with Crippen LogP contribution < -0.4 is 0 Å². The number of fused-ring (bicyclic) bond motifs is 1. The van der Waals surface area contributed by atoms with Crippen LogP contribution in [0.25, 0.3) is 10.9 Å². The third kappa shape index (κ3) is 1.82. The lowest BCUT2D eigenvalue weighted by molar-refractivity contribution is 0.610. The number of benzene rings is 1. The fourth-order valence-electron chi connectivity index (χ4n) is 1.56. The van der Waals surface area contributed by atoms with E-state index in [9.17, 15) is 8.42 Å². The van der Waals surface area contributed by atoms with Gasteiger partial charge in [-0.05, 0) is 30.7 Å². The molecule has 0 spiro atoms. The normalized spacial score (nSPS) is 11.9. The van der Waals surface area contributed by atoms with Crippen molar-refractivity contribution in [3.05, 3.63) is 36.0 Å². The van der Waals surface area contributed by atoms with E-state index in [0.717, 1.165) is 0 Å². The predicted molar refractivity (Wildman–Crippen MR) is 59.5 cm³/mol. The van der Waals surface area contributed by atoms with Crippen LogP contribution in [-0.2, 0) is 9.05 Å². The van der Waals surface area contributed by atoms with Crippen molar-refractivity contribution in [3.63, 3.8) is 0 Å². The molecule has 1 heterocycles. The summed E-state index contributed by atoms with van der Waals surface area (Å²) in [4.78, 5) is 4.22. The van der Waals surface area contributed by atoms with Crippen LogP contribution in [0.3, 0.4) is 0 Å². The van der Waals surface area contributed by atoms with Crippen LogP contribution in [0.4, 0.5) is 0 Å². The Hall–Kier alpha value is -1.13. The minimum absolute atomic E-state index is 0.148. The zero-order valence-electron chi connectivity index (χ0n) is 7.94. The van der Waals surface area contributed by atoms with Gasteiger partial charge in [0.15, 0.2) is 0 Å². The summed E-state index contributed by atoms with van der Waals surface area (Å²) in [5.41, 5.74) is 1.26. The van der Waals surface area contributed by atoms with Gasteiger partial charge < -0.3 is 0 Å². The average Bonchev–Trinajstić information content (AvgIpc) is 2.15. The first-order chi connectivity index (χ1) is 7.00. The van der Waals surface area contributed by atoms with Crippen LogP contribution in [0.1, 0.15) is 5.56 Å². The topological polar surface area (TPSA) is 47.0 Å². The number of hydrogen-bond donors (Lipinski definition) is 0. The highest BCUT2D eigenvalue weighted by Crippen LogP contribution is 2.27. The first-order valence-corrected chi connectivity index (χ1v) is 6.60. The van der Waals surface area contributed by atoms with E-state index in [1.165, 1.54) is 0 Å². The second kappa shape index (κ2) is 3.47. The summed E-state index contributed by atoms with van der Waals surface area (Å²) in [6.07, 6.45) is 1.61. The van der Waals surface area contributed by atoms with E-state index in [-0.39, 0.29) is 4.90 Å². The fraction of sp³-hybridized carbons (Fsp3) is 0.100. The molecule has 15 heavy (non-hydrogen) atoms. The highest BCUT2D eigenvalue weighted by Gasteiger charge is 2.17. The van der Waals surface area contributed by atoms with Crippen LogP contribution in [0, 0.1) is 6.92 Å². The molecule has 2 aromatic rings. The number of pyridine rings is 1. The molecule has 1 aromatic carbocycles. The van der Waals surface area contributed by atoms with Gasteiger partial charge >= 0.3 is 0 Å². The molecule has 0 aliphatic heterocycles. The number of aromatic nitrogens is 1. The average molecular weight is 242 g/mol. The highest BCUT2D eigenvalue weighted by atomic mass is 35.7. The van der Waals surface area contributed by atoms with Crippen molar-refractivity contribution < 1.29 is 8.42 Å². The van der Waals surface area contributed by atoms with Crippen molar-refractivity contribution in [2.45, 2.75) is 11.8 Å². The molecular formula is C10H8ClNO2S. The van der Waals surface area contributed by atoms with Gasteiger partial charge in [0, 0.05) is 22.3 Å². The Morgan fingerprint density at radius 2 is 2.00 bits per heavy atom. The largest absolute Gasteiger partial charge is 0.262 e. The van der Waals surface area contributed by atoms with Crippen LogP contribution in [0.2, 0.25) is 0 Å². The smallest absolute Gasteiger partial charge is 0.256 e. The highest BCUT2D eigenvalue weighted by molar-refractivity contribution is 8.14. The first-order valence-electron chi connectivity index (χ1n) is 4.29. The summed E-state index contributed by atoms with van der Waals surface area (Å²) in [6, 6.07) is 6.86. The van der Waals surface area contributed by atoms with Crippen molar-refractivity contribution >= 4 is 30.6 Å². The summed E-state index contributed by atoms with van der Waals surface area (Å²) in [5.74, 6) is 0. The van der Waals surface area contributed by atoms with Crippen molar-refractivity contribution in [2.75, 3.05) is 0 Å². The Morgan fingerprint density at radius 1 is 1.27 bits per heavy atom. The molecule has 0 bridgehead atoms. The monoisotopic (exact) mass is 241 g/mol. The molecule has 0 amide bonds. The summed E-state index contributed by atoms with van der Waals surface area (Å²) < 4.78 is 22.8. The molecule has 0 saturated heterocycles. The molecule has 5 heteroatoms. The van der Waals surface area contributed by atoms with Crippen molar-refractivity contribution in [1.29, 1.82) is 0 Å². The number of nitrogens with zero attached hydrogens (tertiary/aromatic N) is 1. The summed E-state index contributed by atoms with van der Waals surface area (Å²) in [5, 5.41) is 0.563. The molecule has 0 fully saturated rings. The van der Waals surface area contributed by atoms with Crippen molar-refractivity contribution in [3.8, 4) is 0 Å². The third-order valence-corrected chi connectivity index (χ3v) is 3.67. The first kappa shape index (κ1) is 10.4. The Kier molecular flexibility index (Phi) is 2.40. The van der Waals surface area contributed by atoms with E-state index < -0.39 is 9.05 Å². The number of halogens is 1. The zero-order valence-corrected chi connectivity index (χ0v) is 9.51. The minimum Gasteiger partial charge on any atom is -0.256 e. The molecule has 3 nitrogen and oxygen atoms in total. The second-order valence-corrected chi connectivity index (χ2v) is 5.72. The number of hydrogen-bond acceptors (Lipinski definition) is 3. The van der Waals surface area contributed by atoms with E-state index in [4.69, 9.17) is 10.7 Å². The van der Waals surface area contributed by atoms with Gasteiger partial charge in [-0.15, -0.1) is 0 Å². The third-order valence-electron chi connectivity index (χ3n) is 2.18. The maximum absolute atomic E-state index is 11.4. The van der Waals surface area contributed by atoms with E-state index in [1.807, 2.05) is 0 Å². The van der Waals surface area contributed by atoms with Gasteiger partial charge in [0.1, 0.15) is 0 Å². The lowest BCUT2D eigenvalue weighted by atomic mass is 10.1. The Balaban J connectivity index is 2.99. The fourth-order valence-corrected chi connectivity index (χ4v) is 3.06. The molecule has 0 unspecified atom stereocenters. The van der Waals surface area contributed by atoms with Crippen molar-refractivity contribution in [2.24, 2.45) is 0 Å². The van der Waals surface area contributed by atoms with Gasteiger partial charge in [0.2, 0.25) is 0 Å². The predicted octanol–water partition coefficient (Wildman–Crippen LogP) is 2.47. The SMILES string of the molecule is Cc1ccc2ncccc2c1S(=O)(=O)Cl. The molecule has 0 radical (unpaired) electrons. The Labute approximate surface area is 92.1 Å². The van der Waals surface area contributed by atoms with Crippen molar-refractivity contribution in [1.82, 2.24) is 4.98 Å². The maximum atomic E-state index is 11.4. The molecular weight excluding hydrogens is 234 g/mol. The number of aryl methyl sites for hydroxylation is 1. The molecule has 0 atom stereocenters. The van der Waals surface area contributed by atoms with E-state index in [2.05, 4.69) is 4.98 Å². The summed E-state index contributed by atoms with van der Waals surface area (Å²) in [7, 11) is 1.66. The summed E-state index contributed by atoms with van der Waals surface area (Å²) in [6.45, 7) is 1.71. The van der Waals surface area contributed by atoms with E-state index in [1.54, 1.807) is 37.4 Å². The lowest BCUT2D eigenvalue weighted by Gasteiger charge is -2.05. The quantitative estimate of drug-likeness (QED) is 0.721. The van der Waals surface area contributed by atoms with Gasteiger partial charge in [-0.2, -0.15) is 0 Å². The summed E-state index contributed by atoms with van der Waals surface area (Å²) >= 11 is 0.